The van der Waals surface area contributed by atoms with Crippen molar-refractivity contribution in [2.45, 2.75) is 38.0 Å². The van der Waals surface area contributed by atoms with Crippen LogP contribution in [-0.2, 0) is 6.18 Å². The summed E-state index contributed by atoms with van der Waals surface area (Å²) in [6.45, 7) is 2.45. The zero-order valence-corrected chi connectivity index (χ0v) is 18.1. The summed E-state index contributed by atoms with van der Waals surface area (Å²) in [4.78, 5) is 20.6. The SMILES string of the molecule is COc1ccc(-n2nccn2)c(C(=O)N2CCCC(Nc3ccc(C(F)(F)F)cn3)C2C)c1. The van der Waals surface area contributed by atoms with Crippen molar-refractivity contribution in [3.63, 3.8) is 0 Å². The molecule has 33 heavy (non-hydrogen) atoms. The van der Waals surface area contributed by atoms with Crippen LogP contribution >= 0.6 is 0 Å². The zero-order chi connectivity index (χ0) is 23.6. The summed E-state index contributed by atoms with van der Waals surface area (Å²) in [6, 6.07) is 7.00. The van der Waals surface area contributed by atoms with Crippen molar-refractivity contribution in [3.05, 3.63) is 60.0 Å². The van der Waals surface area contributed by atoms with E-state index in [4.69, 9.17) is 4.74 Å². The number of amides is 1. The van der Waals surface area contributed by atoms with E-state index < -0.39 is 11.7 Å². The predicted molar refractivity (Wildman–Crippen MR) is 114 cm³/mol. The molecule has 2 unspecified atom stereocenters. The summed E-state index contributed by atoms with van der Waals surface area (Å²) in [5, 5.41) is 11.5. The Kier molecular flexibility index (Phi) is 6.21. The number of nitrogens with one attached hydrogen (secondary N) is 1. The van der Waals surface area contributed by atoms with Crippen LogP contribution < -0.4 is 10.1 Å². The Morgan fingerprint density at radius 2 is 1.94 bits per heavy atom. The molecule has 174 valence electrons. The number of nitrogens with zero attached hydrogens (tertiary/aromatic N) is 5. The van der Waals surface area contributed by atoms with Crippen molar-refractivity contribution in [2.24, 2.45) is 0 Å². The molecule has 0 saturated carbocycles. The molecule has 1 amide bonds. The lowest BCUT2D eigenvalue weighted by Crippen LogP contribution is -2.52. The number of hydrogen-bond donors (Lipinski definition) is 1. The molecule has 4 rings (SSSR count). The molecule has 2 atom stereocenters. The van der Waals surface area contributed by atoms with E-state index in [1.54, 1.807) is 23.1 Å². The van der Waals surface area contributed by atoms with E-state index in [9.17, 15) is 18.0 Å². The van der Waals surface area contributed by atoms with E-state index in [1.165, 1.54) is 30.4 Å². The minimum atomic E-state index is -4.44. The molecular formula is C22H23F3N6O2. The number of carbonyl (C=O) groups is 1. The summed E-state index contributed by atoms with van der Waals surface area (Å²) in [5.41, 5.74) is 0.113. The average molecular weight is 460 g/mol. The monoisotopic (exact) mass is 460 g/mol. The first-order chi connectivity index (χ1) is 15.8. The number of pyridine rings is 1. The molecule has 0 aliphatic carbocycles. The fourth-order valence-corrected chi connectivity index (χ4v) is 3.94. The van der Waals surface area contributed by atoms with Gasteiger partial charge in [-0.2, -0.15) is 28.2 Å². The molecule has 2 aromatic heterocycles. The third kappa shape index (κ3) is 4.76. The number of ether oxygens (including phenoxy) is 1. The summed E-state index contributed by atoms with van der Waals surface area (Å²) in [7, 11) is 1.52. The first-order valence-corrected chi connectivity index (χ1v) is 10.4. The van der Waals surface area contributed by atoms with Gasteiger partial charge in [0.15, 0.2) is 0 Å². The van der Waals surface area contributed by atoms with Gasteiger partial charge in [-0.25, -0.2) is 4.98 Å². The van der Waals surface area contributed by atoms with Gasteiger partial charge < -0.3 is 15.0 Å². The van der Waals surface area contributed by atoms with Crippen LogP contribution in [0.1, 0.15) is 35.7 Å². The number of rotatable bonds is 5. The number of halogens is 3. The van der Waals surface area contributed by atoms with E-state index in [1.807, 2.05) is 6.92 Å². The lowest BCUT2D eigenvalue weighted by Gasteiger charge is -2.40. The molecule has 0 bridgehead atoms. The smallest absolute Gasteiger partial charge is 0.417 e. The number of aromatic nitrogens is 4. The fraction of sp³-hybridized carbons (Fsp3) is 0.364. The minimum Gasteiger partial charge on any atom is -0.497 e. The molecule has 1 aliphatic heterocycles. The maximum absolute atomic E-state index is 13.6. The highest BCUT2D eigenvalue weighted by molar-refractivity contribution is 5.98. The Bertz CT molecular complexity index is 1100. The van der Waals surface area contributed by atoms with Crippen molar-refractivity contribution >= 4 is 11.7 Å². The van der Waals surface area contributed by atoms with Gasteiger partial charge in [-0.3, -0.25) is 4.79 Å². The maximum atomic E-state index is 13.6. The van der Waals surface area contributed by atoms with Crippen molar-refractivity contribution < 1.29 is 22.7 Å². The number of likely N-dealkylation sites (tertiary alicyclic amines) is 1. The largest absolute Gasteiger partial charge is 0.497 e. The molecule has 0 spiro atoms. The highest BCUT2D eigenvalue weighted by Gasteiger charge is 2.34. The molecule has 11 heteroatoms. The third-order valence-corrected chi connectivity index (χ3v) is 5.74. The van der Waals surface area contributed by atoms with Crippen LogP contribution in [0.15, 0.2) is 48.9 Å². The fourth-order valence-electron chi connectivity index (χ4n) is 3.94. The van der Waals surface area contributed by atoms with Crippen LogP contribution in [0.3, 0.4) is 0 Å². The third-order valence-electron chi connectivity index (χ3n) is 5.74. The molecular weight excluding hydrogens is 437 g/mol. The van der Waals surface area contributed by atoms with E-state index >= 15 is 0 Å². The summed E-state index contributed by atoms with van der Waals surface area (Å²) in [5.74, 6) is 0.653. The number of carbonyl (C=O) groups excluding carboxylic acids is 1. The van der Waals surface area contributed by atoms with E-state index in [0.717, 1.165) is 25.1 Å². The first kappa shape index (κ1) is 22.6. The molecule has 1 N–H and O–H groups in total. The summed E-state index contributed by atoms with van der Waals surface area (Å²) >= 11 is 0. The van der Waals surface area contributed by atoms with E-state index in [2.05, 4.69) is 20.5 Å². The van der Waals surface area contributed by atoms with Crippen LogP contribution in [-0.4, -0.2) is 56.5 Å². The zero-order valence-electron chi connectivity index (χ0n) is 18.1. The van der Waals surface area contributed by atoms with Crippen LogP contribution in [0.4, 0.5) is 19.0 Å². The number of alkyl halides is 3. The van der Waals surface area contributed by atoms with E-state index in [0.29, 0.717) is 29.4 Å². The number of piperidine rings is 1. The van der Waals surface area contributed by atoms with Gasteiger partial charge in [0.2, 0.25) is 0 Å². The first-order valence-electron chi connectivity index (χ1n) is 10.4. The normalized spacial score (nSPS) is 18.8. The van der Waals surface area contributed by atoms with Gasteiger partial charge in [-0.15, -0.1) is 0 Å². The molecule has 1 aromatic carbocycles. The molecule has 1 aliphatic rings. The summed E-state index contributed by atoms with van der Waals surface area (Å²) in [6.07, 6.45) is 0.897. The number of anilines is 1. The van der Waals surface area contributed by atoms with Gasteiger partial charge in [0.25, 0.3) is 5.91 Å². The van der Waals surface area contributed by atoms with Gasteiger partial charge in [0.05, 0.1) is 36.3 Å². The van der Waals surface area contributed by atoms with Crippen molar-refractivity contribution in [3.8, 4) is 11.4 Å². The summed E-state index contributed by atoms with van der Waals surface area (Å²) < 4.78 is 43.7. The van der Waals surface area contributed by atoms with Crippen molar-refractivity contribution in [1.82, 2.24) is 24.9 Å². The quantitative estimate of drug-likeness (QED) is 0.624. The maximum Gasteiger partial charge on any atom is 0.417 e. The Morgan fingerprint density at radius 3 is 2.58 bits per heavy atom. The van der Waals surface area contributed by atoms with Gasteiger partial charge in [-0.1, -0.05) is 0 Å². The number of benzene rings is 1. The topological polar surface area (TPSA) is 85.2 Å². The lowest BCUT2D eigenvalue weighted by molar-refractivity contribution is -0.137. The standard InChI is InChI=1S/C22H23F3N6O2/c1-14-18(29-20-8-5-15(13-26-20)22(23,24)25)4-3-11-30(14)21(32)17-12-16(33-2)6-7-19(17)31-27-9-10-28-31/h5-10,12-14,18H,3-4,11H2,1-2H3,(H,26,29). The Morgan fingerprint density at radius 1 is 1.18 bits per heavy atom. The molecule has 8 nitrogen and oxygen atoms in total. The highest BCUT2D eigenvalue weighted by atomic mass is 19.4. The van der Waals surface area contributed by atoms with Crippen LogP contribution in [0.5, 0.6) is 5.75 Å². The molecule has 1 fully saturated rings. The number of hydrogen-bond acceptors (Lipinski definition) is 6. The van der Waals surface area contributed by atoms with Gasteiger partial charge in [-0.05, 0) is 50.1 Å². The van der Waals surface area contributed by atoms with Gasteiger partial charge >= 0.3 is 6.18 Å². The molecule has 0 radical (unpaired) electrons. The minimum absolute atomic E-state index is 0.177. The second-order valence-electron chi connectivity index (χ2n) is 7.76. The second-order valence-corrected chi connectivity index (χ2v) is 7.76. The predicted octanol–water partition coefficient (Wildman–Crippen LogP) is 3.79. The molecule has 1 saturated heterocycles. The van der Waals surface area contributed by atoms with Crippen LogP contribution in [0.25, 0.3) is 5.69 Å². The molecule has 3 heterocycles. The van der Waals surface area contributed by atoms with E-state index in [-0.39, 0.29) is 18.0 Å². The number of methoxy groups -OCH3 is 1. The van der Waals surface area contributed by atoms with Crippen molar-refractivity contribution in [2.75, 3.05) is 19.0 Å². The Labute approximate surface area is 188 Å². The van der Waals surface area contributed by atoms with Gasteiger partial charge in [0, 0.05) is 24.8 Å². The molecule has 3 aromatic rings. The second kappa shape index (κ2) is 9.08. The Balaban J connectivity index is 1.56. The van der Waals surface area contributed by atoms with Gasteiger partial charge in [0.1, 0.15) is 11.6 Å². The average Bonchev–Trinajstić information content (AvgIpc) is 3.34. The van der Waals surface area contributed by atoms with Crippen LogP contribution in [0, 0.1) is 0 Å². The lowest BCUT2D eigenvalue weighted by atomic mass is 9.96. The van der Waals surface area contributed by atoms with Crippen molar-refractivity contribution in [1.29, 1.82) is 0 Å². The highest BCUT2D eigenvalue weighted by Crippen LogP contribution is 2.30. The van der Waals surface area contributed by atoms with Crippen LogP contribution in [0.2, 0.25) is 0 Å². The Hall–Kier alpha value is -3.63.